The summed E-state index contributed by atoms with van der Waals surface area (Å²) >= 11 is 0. The Morgan fingerprint density at radius 1 is 1.04 bits per heavy atom. The second-order valence-corrected chi connectivity index (χ2v) is 5.84. The van der Waals surface area contributed by atoms with E-state index in [-0.39, 0.29) is 12.3 Å². The molecule has 5 nitrogen and oxygen atoms in total. The first kappa shape index (κ1) is 15.9. The Kier molecular flexibility index (Phi) is 3.89. The third-order valence-corrected chi connectivity index (χ3v) is 4.28. The Labute approximate surface area is 149 Å². The predicted molar refractivity (Wildman–Crippen MR) is 102 cm³/mol. The van der Waals surface area contributed by atoms with Gasteiger partial charge in [0.05, 0.1) is 5.56 Å². The fourth-order valence-electron chi connectivity index (χ4n) is 3.13. The highest BCUT2D eigenvalue weighted by atomic mass is 16.7. The van der Waals surface area contributed by atoms with Crippen LogP contribution in [0.3, 0.4) is 0 Å². The van der Waals surface area contributed by atoms with E-state index in [0.29, 0.717) is 21.3 Å². The third-order valence-electron chi connectivity index (χ3n) is 4.28. The van der Waals surface area contributed by atoms with Gasteiger partial charge in [0, 0.05) is 6.07 Å². The van der Waals surface area contributed by atoms with Crippen LogP contribution in [0.2, 0.25) is 0 Å². The van der Waals surface area contributed by atoms with Gasteiger partial charge in [0.2, 0.25) is 5.52 Å². The number of fused-ring (bicyclic) bond motifs is 2. The largest absolute Gasteiger partial charge is 0.618 e. The van der Waals surface area contributed by atoms with E-state index in [1.807, 2.05) is 36.4 Å². The summed E-state index contributed by atoms with van der Waals surface area (Å²) in [5.41, 5.74) is 0.878. The Bertz CT molecular complexity index is 1190. The minimum absolute atomic E-state index is 0.0320. The van der Waals surface area contributed by atoms with Gasteiger partial charge in [-0.05, 0) is 22.9 Å². The lowest BCUT2D eigenvalue weighted by Crippen LogP contribution is -2.43. The average molecular weight is 344 g/mol. The van der Waals surface area contributed by atoms with Crippen molar-refractivity contribution >= 4 is 21.8 Å². The van der Waals surface area contributed by atoms with Gasteiger partial charge >= 0.3 is 5.56 Å². The second kappa shape index (κ2) is 6.37. The maximum absolute atomic E-state index is 13.1. The molecule has 1 heterocycles. The van der Waals surface area contributed by atoms with Crippen molar-refractivity contribution in [2.45, 2.75) is 0 Å². The number of benzene rings is 3. The van der Waals surface area contributed by atoms with Gasteiger partial charge in [0.15, 0.2) is 5.52 Å². The average Bonchev–Trinajstić information content (AvgIpc) is 2.68. The smallest absolute Gasteiger partial charge is 0.357 e. The molecular weight excluding hydrogens is 328 g/mol. The van der Waals surface area contributed by atoms with Crippen LogP contribution in [-0.4, -0.2) is 11.3 Å². The van der Waals surface area contributed by atoms with Crippen molar-refractivity contribution in [1.82, 2.24) is 4.73 Å². The zero-order valence-electron chi connectivity index (χ0n) is 14.0. The Hall–Kier alpha value is -3.60. The van der Waals surface area contributed by atoms with Crippen molar-refractivity contribution in [3.05, 3.63) is 94.9 Å². The van der Waals surface area contributed by atoms with Gasteiger partial charge in [-0.15, -0.1) is 4.73 Å². The van der Waals surface area contributed by atoms with Crippen LogP contribution in [0.5, 0.6) is 0 Å². The molecule has 1 aromatic heterocycles. The van der Waals surface area contributed by atoms with Gasteiger partial charge in [-0.2, -0.15) is 4.73 Å². The Morgan fingerprint density at radius 3 is 2.62 bits per heavy atom. The van der Waals surface area contributed by atoms with Crippen molar-refractivity contribution < 1.29 is 9.57 Å². The first-order valence-electron chi connectivity index (χ1n) is 8.22. The van der Waals surface area contributed by atoms with Crippen LogP contribution in [0.15, 0.2) is 84.2 Å². The number of aromatic nitrogens is 2. The molecule has 0 N–H and O–H groups in total. The summed E-state index contributed by atoms with van der Waals surface area (Å²) in [6, 6.07) is 20.1. The molecule has 5 heteroatoms. The fourth-order valence-corrected chi connectivity index (χ4v) is 3.13. The molecule has 0 radical (unpaired) electrons. The van der Waals surface area contributed by atoms with Crippen LogP contribution in [0.1, 0.15) is 0 Å². The zero-order chi connectivity index (χ0) is 18.1. The third kappa shape index (κ3) is 2.41. The van der Waals surface area contributed by atoms with Gasteiger partial charge in [-0.3, -0.25) is 4.79 Å². The fraction of sp³-hybridized carbons (Fsp3) is 0.0476. The molecule has 0 aliphatic carbocycles. The normalized spacial score (nSPS) is 10.9. The monoisotopic (exact) mass is 344 g/mol. The number of para-hydroxylation sites is 2. The van der Waals surface area contributed by atoms with Crippen molar-refractivity contribution in [2.75, 3.05) is 6.61 Å². The van der Waals surface area contributed by atoms with E-state index in [2.05, 4.69) is 6.58 Å². The molecule has 0 unspecified atom stereocenters. The molecule has 0 aliphatic rings. The SMILES string of the molecule is C=CCOn1c(=O)c(-c2cccc3ccccc23)[n+]([O-])c2ccccc21. The van der Waals surface area contributed by atoms with E-state index in [4.69, 9.17) is 4.84 Å². The zero-order valence-corrected chi connectivity index (χ0v) is 14.0. The van der Waals surface area contributed by atoms with Crippen molar-refractivity contribution in [3.63, 3.8) is 0 Å². The second-order valence-electron chi connectivity index (χ2n) is 5.84. The van der Waals surface area contributed by atoms with Gasteiger partial charge in [0.1, 0.15) is 6.61 Å². The molecular formula is C21H16N2O3. The van der Waals surface area contributed by atoms with Crippen molar-refractivity contribution in [2.24, 2.45) is 0 Å². The summed E-state index contributed by atoms with van der Waals surface area (Å²) in [5, 5.41) is 14.8. The van der Waals surface area contributed by atoms with Crippen LogP contribution in [0.25, 0.3) is 33.1 Å². The molecule has 0 aliphatic heterocycles. The number of hydrogen-bond acceptors (Lipinski definition) is 3. The molecule has 128 valence electrons. The predicted octanol–water partition coefficient (Wildman–Crippen LogP) is 3.07. The standard InChI is InChI=1S/C21H16N2O3/c1-2-14-26-23-19-13-6-5-12-18(19)22(25)20(21(23)24)17-11-7-9-15-8-3-4-10-16(15)17/h2-13H,1,14H2. The van der Waals surface area contributed by atoms with Crippen LogP contribution >= 0.6 is 0 Å². The number of nitrogens with zero attached hydrogens (tertiary/aromatic N) is 2. The number of rotatable bonds is 4. The van der Waals surface area contributed by atoms with E-state index in [9.17, 15) is 10.0 Å². The minimum atomic E-state index is -0.503. The van der Waals surface area contributed by atoms with E-state index >= 15 is 0 Å². The first-order valence-corrected chi connectivity index (χ1v) is 8.22. The molecule has 0 bridgehead atoms. The topological polar surface area (TPSA) is 58.2 Å². The Balaban J connectivity index is 2.13. The lowest BCUT2D eigenvalue weighted by Gasteiger charge is -2.14. The van der Waals surface area contributed by atoms with E-state index in [1.54, 1.807) is 36.4 Å². The van der Waals surface area contributed by atoms with E-state index < -0.39 is 5.56 Å². The van der Waals surface area contributed by atoms with Gasteiger partial charge in [-0.25, -0.2) is 0 Å². The van der Waals surface area contributed by atoms with Crippen molar-refractivity contribution in [3.8, 4) is 11.3 Å². The van der Waals surface area contributed by atoms with Crippen molar-refractivity contribution in [1.29, 1.82) is 0 Å². The molecule has 4 rings (SSSR count). The molecule has 0 atom stereocenters. The summed E-state index contributed by atoms with van der Waals surface area (Å²) in [5.74, 6) is 0. The molecule has 3 aromatic carbocycles. The minimum Gasteiger partial charge on any atom is -0.618 e. The lowest BCUT2D eigenvalue weighted by molar-refractivity contribution is -0.566. The quantitative estimate of drug-likeness (QED) is 0.325. The summed E-state index contributed by atoms with van der Waals surface area (Å²) in [7, 11) is 0. The highest BCUT2D eigenvalue weighted by Gasteiger charge is 2.24. The van der Waals surface area contributed by atoms with Gasteiger partial charge in [0.25, 0.3) is 5.69 Å². The molecule has 26 heavy (non-hydrogen) atoms. The molecule has 0 amide bonds. The maximum atomic E-state index is 13.1. The molecule has 4 aromatic rings. The van der Waals surface area contributed by atoms with Gasteiger partial charge < -0.3 is 10.0 Å². The lowest BCUT2D eigenvalue weighted by atomic mass is 10.0. The van der Waals surface area contributed by atoms with Gasteiger partial charge in [-0.1, -0.05) is 61.2 Å². The highest BCUT2D eigenvalue weighted by molar-refractivity contribution is 5.95. The summed E-state index contributed by atoms with van der Waals surface area (Å²) in [6.45, 7) is 3.77. The van der Waals surface area contributed by atoms with Crippen LogP contribution in [0, 0.1) is 5.21 Å². The Morgan fingerprint density at radius 2 is 1.77 bits per heavy atom. The van der Waals surface area contributed by atoms with Crippen LogP contribution in [-0.2, 0) is 0 Å². The summed E-state index contributed by atoms with van der Waals surface area (Å²) in [6.07, 6.45) is 1.55. The highest BCUT2D eigenvalue weighted by Crippen LogP contribution is 2.25. The van der Waals surface area contributed by atoms with E-state index in [0.717, 1.165) is 10.8 Å². The molecule has 0 fully saturated rings. The number of hydrogen-bond donors (Lipinski definition) is 0. The van der Waals surface area contributed by atoms with E-state index in [1.165, 1.54) is 4.73 Å². The molecule has 0 saturated carbocycles. The summed E-state index contributed by atoms with van der Waals surface area (Å²) in [4.78, 5) is 18.7. The maximum Gasteiger partial charge on any atom is 0.357 e. The molecule has 0 spiro atoms. The van der Waals surface area contributed by atoms with Crippen LogP contribution in [0.4, 0.5) is 0 Å². The summed E-state index contributed by atoms with van der Waals surface area (Å²) < 4.78 is 1.86. The molecule has 0 saturated heterocycles. The first-order chi connectivity index (χ1) is 12.7. The van der Waals surface area contributed by atoms with Crippen LogP contribution < -0.4 is 15.1 Å².